The number of rotatable bonds is 2. The quantitative estimate of drug-likeness (QED) is 0.924. The third-order valence-electron chi connectivity index (χ3n) is 3.65. The summed E-state index contributed by atoms with van der Waals surface area (Å²) in [5.74, 6) is -1.17. The van der Waals surface area contributed by atoms with Crippen LogP contribution in [0.25, 0.3) is 0 Å². The number of aromatic nitrogens is 1. The van der Waals surface area contributed by atoms with Crippen molar-refractivity contribution in [1.82, 2.24) is 9.88 Å². The van der Waals surface area contributed by atoms with Crippen molar-refractivity contribution in [2.75, 3.05) is 6.54 Å². The third kappa shape index (κ3) is 2.54. The molecule has 0 spiro atoms. The summed E-state index contributed by atoms with van der Waals surface area (Å²) in [6.45, 7) is 2.88. The molecule has 1 N–H and O–H groups in total. The summed E-state index contributed by atoms with van der Waals surface area (Å²) < 4.78 is 0. The number of carbonyl (C=O) groups is 2. The Morgan fingerprint density at radius 3 is 2.86 bits per heavy atom. The molecule has 5 nitrogen and oxygen atoms in total. The molecule has 2 aromatic heterocycles. The van der Waals surface area contributed by atoms with E-state index in [1.807, 2.05) is 5.38 Å². The second-order valence-corrected chi connectivity index (χ2v) is 5.98. The molecule has 108 valence electrons. The molecule has 21 heavy (non-hydrogen) atoms. The van der Waals surface area contributed by atoms with Gasteiger partial charge in [0, 0.05) is 11.4 Å². The smallest absolute Gasteiger partial charge is 0.337 e. The monoisotopic (exact) mass is 302 g/mol. The van der Waals surface area contributed by atoms with E-state index >= 15 is 0 Å². The Balaban J connectivity index is 1.83. The van der Waals surface area contributed by atoms with E-state index in [1.54, 1.807) is 23.2 Å². The number of hydrogen-bond donors (Lipinski definition) is 1. The van der Waals surface area contributed by atoms with Gasteiger partial charge in [0.15, 0.2) is 0 Å². The SMILES string of the molecule is Cc1nc(C(=O)N2CCc3ccsc3C2)ccc1C(=O)O. The zero-order valence-corrected chi connectivity index (χ0v) is 12.3. The predicted octanol–water partition coefficient (Wildman–Crippen LogP) is 2.35. The Hall–Kier alpha value is -2.21. The first kappa shape index (κ1) is 13.8. The van der Waals surface area contributed by atoms with Crippen LogP contribution in [0.2, 0.25) is 0 Å². The molecule has 1 amide bonds. The van der Waals surface area contributed by atoms with Gasteiger partial charge in [-0.25, -0.2) is 9.78 Å². The van der Waals surface area contributed by atoms with Gasteiger partial charge in [0.1, 0.15) is 5.69 Å². The van der Waals surface area contributed by atoms with Crippen molar-refractivity contribution in [3.8, 4) is 0 Å². The Kier molecular flexibility index (Phi) is 3.47. The van der Waals surface area contributed by atoms with Gasteiger partial charge in [-0.2, -0.15) is 0 Å². The van der Waals surface area contributed by atoms with Gasteiger partial charge < -0.3 is 10.0 Å². The first-order chi connectivity index (χ1) is 10.1. The summed E-state index contributed by atoms with van der Waals surface area (Å²) in [6, 6.07) is 5.03. The average molecular weight is 302 g/mol. The number of nitrogens with zero attached hydrogens (tertiary/aromatic N) is 2. The van der Waals surface area contributed by atoms with E-state index in [1.165, 1.54) is 22.6 Å². The van der Waals surface area contributed by atoms with Crippen LogP contribution in [0.1, 0.15) is 37.0 Å². The zero-order chi connectivity index (χ0) is 15.0. The molecule has 1 aliphatic rings. The summed E-state index contributed by atoms with van der Waals surface area (Å²) in [5.41, 5.74) is 2.11. The Labute approximate surface area is 125 Å². The highest BCUT2D eigenvalue weighted by molar-refractivity contribution is 7.10. The van der Waals surface area contributed by atoms with Gasteiger partial charge in [-0.15, -0.1) is 11.3 Å². The maximum Gasteiger partial charge on any atom is 0.337 e. The van der Waals surface area contributed by atoms with Crippen molar-refractivity contribution in [1.29, 1.82) is 0 Å². The van der Waals surface area contributed by atoms with E-state index in [0.29, 0.717) is 24.5 Å². The van der Waals surface area contributed by atoms with Crippen LogP contribution < -0.4 is 0 Å². The highest BCUT2D eigenvalue weighted by Crippen LogP contribution is 2.25. The number of thiophene rings is 1. The highest BCUT2D eigenvalue weighted by atomic mass is 32.1. The van der Waals surface area contributed by atoms with Crippen molar-refractivity contribution >= 4 is 23.2 Å². The van der Waals surface area contributed by atoms with E-state index < -0.39 is 5.97 Å². The van der Waals surface area contributed by atoms with Gasteiger partial charge in [-0.05, 0) is 42.5 Å². The van der Waals surface area contributed by atoms with Gasteiger partial charge >= 0.3 is 5.97 Å². The lowest BCUT2D eigenvalue weighted by atomic mass is 10.1. The molecule has 0 unspecified atom stereocenters. The molecule has 3 heterocycles. The summed E-state index contributed by atoms with van der Waals surface area (Å²) in [7, 11) is 0. The third-order valence-corrected chi connectivity index (χ3v) is 4.59. The molecule has 1 aliphatic heterocycles. The van der Waals surface area contributed by atoms with Crippen LogP contribution in [0.3, 0.4) is 0 Å². The van der Waals surface area contributed by atoms with E-state index in [-0.39, 0.29) is 11.5 Å². The number of pyridine rings is 1. The maximum absolute atomic E-state index is 12.5. The van der Waals surface area contributed by atoms with Crippen molar-refractivity contribution in [3.05, 3.63) is 51.0 Å². The number of hydrogen-bond acceptors (Lipinski definition) is 4. The number of fused-ring (bicyclic) bond motifs is 1. The Morgan fingerprint density at radius 2 is 2.14 bits per heavy atom. The number of carbonyl (C=O) groups excluding carboxylic acids is 1. The Bertz CT molecular complexity index is 723. The molecule has 6 heteroatoms. The van der Waals surface area contributed by atoms with Gasteiger partial charge in [0.2, 0.25) is 0 Å². The summed E-state index contributed by atoms with van der Waals surface area (Å²) in [5, 5.41) is 11.0. The van der Waals surface area contributed by atoms with Crippen LogP contribution in [0.5, 0.6) is 0 Å². The van der Waals surface area contributed by atoms with Gasteiger partial charge in [-0.3, -0.25) is 4.79 Å². The molecule has 0 saturated heterocycles. The standard InChI is InChI=1S/C15H14N2O3S/c1-9-11(15(19)20)2-3-12(16-9)14(18)17-6-4-10-5-7-21-13(10)8-17/h2-3,5,7H,4,6,8H2,1H3,(H,19,20). The summed E-state index contributed by atoms with van der Waals surface area (Å²) in [4.78, 5) is 30.6. The number of carboxylic acids is 1. The fraction of sp³-hybridized carbons (Fsp3) is 0.267. The number of aryl methyl sites for hydroxylation is 1. The van der Waals surface area contributed by atoms with E-state index in [4.69, 9.17) is 5.11 Å². The number of amides is 1. The van der Waals surface area contributed by atoms with Crippen LogP contribution in [-0.4, -0.2) is 33.4 Å². The molecular weight excluding hydrogens is 288 g/mol. The number of carboxylic acid groups (broad SMARTS) is 1. The summed E-state index contributed by atoms with van der Waals surface area (Å²) in [6.07, 6.45) is 0.858. The lowest BCUT2D eigenvalue weighted by molar-refractivity contribution is 0.0689. The van der Waals surface area contributed by atoms with Crippen LogP contribution >= 0.6 is 11.3 Å². The second-order valence-electron chi connectivity index (χ2n) is 4.98. The fourth-order valence-corrected chi connectivity index (χ4v) is 3.43. The average Bonchev–Trinajstić information content (AvgIpc) is 2.93. The van der Waals surface area contributed by atoms with Crippen LogP contribution in [0.4, 0.5) is 0 Å². The molecule has 0 saturated carbocycles. The first-order valence-electron chi connectivity index (χ1n) is 6.61. The lowest BCUT2D eigenvalue weighted by Crippen LogP contribution is -2.35. The van der Waals surface area contributed by atoms with Crippen LogP contribution in [0, 0.1) is 6.92 Å². The topological polar surface area (TPSA) is 70.5 Å². The van der Waals surface area contributed by atoms with Crippen molar-refractivity contribution < 1.29 is 14.7 Å². The Morgan fingerprint density at radius 1 is 1.33 bits per heavy atom. The minimum absolute atomic E-state index is 0.130. The highest BCUT2D eigenvalue weighted by Gasteiger charge is 2.24. The molecule has 0 aromatic carbocycles. The largest absolute Gasteiger partial charge is 0.478 e. The maximum atomic E-state index is 12.5. The normalized spacial score (nSPS) is 13.9. The van der Waals surface area contributed by atoms with Crippen molar-refractivity contribution in [3.63, 3.8) is 0 Å². The first-order valence-corrected chi connectivity index (χ1v) is 7.49. The van der Waals surface area contributed by atoms with E-state index in [0.717, 1.165) is 6.42 Å². The van der Waals surface area contributed by atoms with Gasteiger partial charge in [-0.1, -0.05) is 0 Å². The fourth-order valence-electron chi connectivity index (χ4n) is 2.48. The van der Waals surface area contributed by atoms with Crippen molar-refractivity contribution in [2.45, 2.75) is 19.9 Å². The van der Waals surface area contributed by atoms with E-state index in [2.05, 4.69) is 11.1 Å². The van der Waals surface area contributed by atoms with Crippen LogP contribution in [-0.2, 0) is 13.0 Å². The van der Waals surface area contributed by atoms with E-state index in [9.17, 15) is 9.59 Å². The molecule has 0 fully saturated rings. The molecule has 2 aromatic rings. The molecule has 0 bridgehead atoms. The molecule has 0 atom stereocenters. The van der Waals surface area contributed by atoms with Gasteiger partial charge in [0.05, 0.1) is 17.8 Å². The molecule has 3 rings (SSSR count). The van der Waals surface area contributed by atoms with Crippen molar-refractivity contribution in [2.24, 2.45) is 0 Å². The minimum Gasteiger partial charge on any atom is -0.478 e. The lowest BCUT2D eigenvalue weighted by Gasteiger charge is -2.26. The minimum atomic E-state index is -1.03. The molecular formula is C15H14N2O3S. The number of aromatic carboxylic acids is 1. The van der Waals surface area contributed by atoms with Crippen LogP contribution in [0.15, 0.2) is 23.6 Å². The summed E-state index contributed by atoms with van der Waals surface area (Å²) >= 11 is 1.66. The zero-order valence-electron chi connectivity index (χ0n) is 11.5. The second kappa shape index (κ2) is 5.29. The molecule has 0 aliphatic carbocycles. The predicted molar refractivity (Wildman–Crippen MR) is 78.7 cm³/mol. The van der Waals surface area contributed by atoms with Gasteiger partial charge in [0.25, 0.3) is 5.91 Å². The molecule has 0 radical (unpaired) electrons.